The highest BCUT2D eigenvalue weighted by Gasteiger charge is 2.15. The van der Waals surface area contributed by atoms with Gasteiger partial charge in [0.25, 0.3) is 5.91 Å². The zero-order valence-electron chi connectivity index (χ0n) is 17.0. The van der Waals surface area contributed by atoms with Crippen molar-refractivity contribution in [1.82, 2.24) is 10.2 Å². The van der Waals surface area contributed by atoms with E-state index in [0.717, 1.165) is 55.3 Å². The number of nitrogens with one attached hydrogen (secondary N) is 1. The first kappa shape index (κ1) is 20.4. The van der Waals surface area contributed by atoms with Crippen LogP contribution < -0.4 is 10.1 Å². The molecular weight excluding hydrogens is 352 g/mol. The van der Waals surface area contributed by atoms with Gasteiger partial charge in [-0.2, -0.15) is 0 Å². The summed E-state index contributed by atoms with van der Waals surface area (Å²) in [4.78, 5) is 14.8. The van der Waals surface area contributed by atoms with Gasteiger partial charge in [0.15, 0.2) is 6.10 Å². The number of morpholine rings is 1. The Morgan fingerprint density at radius 3 is 2.32 bits per heavy atom. The van der Waals surface area contributed by atoms with E-state index in [0.29, 0.717) is 6.54 Å². The van der Waals surface area contributed by atoms with Gasteiger partial charge in [-0.05, 0) is 55.2 Å². The largest absolute Gasteiger partial charge is 0.481 e. The molecule has 1 N–H and O–H groups in total. The average Bonchev–Trinajstić information content (AvgIpc) is 2.67. The van der Waals surface area contributed by atoms with Crippen LogP contribution in [-0.2, 0) is 22.6 Å². The van der Waals surface area contributed by atoms with Gasteiger partial charge in [-0.15, -0.1) is 0 Å². The van der Waals surface area contributed by atoms with Crippen LogP contribution in [0.5, 0.6) is 5.75 Å². The molecule has 0 spiro atoms. The molecule has 1 fully saturated rings. The number of carbonyl (C=O) groups excluding carboxylic acids is 1. The van der Waals surface area contributed by atoms with Crippen molar-refractivity contribution in [3.05, 3.63) is 64.7 Å². The number of nitrogens with zero attached hydrogens (tertiary/aromatic N) is 1. The summed E-state index contributed by atoms with van der Waals surface area (Å²) in [5.41, 5.74) is 4.61. The molecule has 1 saturated heterocycles. The number of rotatable bonds is 7. The predicted molar refractivity (Wildman–Crippen MR) is 110 cm³/mol. The summed E-state index contributed by atoms with van der Waals surface area (Å²) in [6.45, 7) is 10.8. The molecule has 5 nitrogen and oxygen atoms in total. The highest BCUT2D eigenvalue weighted by molar-refractivity contribution is 5.80. The van der Waals surface area contributed by atoms with E-state index in [2.05, 4.69) is 40.5 Å². The van der Waals surface area contributed by atoms with E-state index in [9.17, 15) is 4.79 Å². The van der Waals surface area contributed by atoms with Gasteiger partial charge in [0.2, 0.25) is 0 Å². The maximum absolute atomic E-state index is 12.4. The summed E-state index contributed by atoms with van der Waals surface area (Å²) in [6, 6.07) is 14.4. The Bertz CT molecular complexity index is 763. The highest BCUT2D eigenvalue weighted by atomic mass is 16.5. The van der Waals surface area contributed by atoms with Gasteiger partial charge in [-0.25, -0.2) is 0 Å². The summed E-state index contributed by atoms with van der Waals surface area (Å²) in [5.74, 6) is 0.615. The molecule has 3 rings (SSSR count). The molecule has 1 amide bonds. The van der Waals surface area contributed by atoms with Crippen LogP contribution in [0.2, 0.25) is 0 Å². The Hall–Kier alpha value is -2.37. The van der Waals surface area contributed by atoms with Gasteiger partial charge in [-0.1, -0.05) is 30.3 Å². The van der Waals surface area contributed by atoms with Gasteiger partial charge in [0.05, 0.1) is 13.2 Å². The van der Waals surface area contributed by atoms with Gasteiger partial charge < -0.3 is 14.8 Å². The normalized spacial score (nSPS) is 15.8. The molecule has 5 heteroatoms. The van der Waals surface area contributed by atoms with E-state index in [1.54, 1.807) is 6.92 Å². The number of amides is 1. The van der Waals surface area contributed by atoms with E-state index in [1.807, 2.05) is 26.0 Å². The van der Waals surface area contributed by atoms with E-state index in [1.165, 1.54) is 5.56 Å². The minimum Gasteiger partial charge on any atom is -0.481 e. The molecule has 150 valence electrons. The minimum absolute atomic E-state index is 0.114. The van der Waals surface area contributed by atoms with Crippen molar-refractivity contribution in [2.45, 2.75) is 40.0 Å². The number of benzene rings is 2. The van der Waals surface area contributed by atoms with Crippen molar-refractivity contribution in [2.75, 3.05) is 26.3 Å². The highest BCUT2D eigenvalue weighted by Crippen LogP contribution is 2.17. The van der Waals surface area contributed by atoms with Gasteiger partial charge in [0.1, 0.15) is 5.75 Å². The molecule has 0 radical (unpaired) electrons. The molecule has 0 unspecified atom stereocenters. The van der Waals surface area contributed by atoms with Crippen molar-refractivity contribution >= 4 is 5.91 Å². The topological polar surface area (TPSA) is 50.8 Å². The van der Waals surface area contributed by atoms with Crippen molar-refractivity contribution in [2.24, 2.45) is 0 Å². The first-order valence-corrected chi connectivity index (χ1v) is 9.90. The smallest absolute Gasteiger partial charge is 0.261 e. The molecule has 0 saturated carbocycles. The van der Waals surface area contributed by atoms with Crippen molar-refractivity contribution in [1.29, 1.82) is 0 Å². The molecule has 0 aliphatic carbocycles. The Labute approximate surface area is 167 Å². The maximum atomic E-state index is 12.4. The molecule has 1 aliphatic heterocycles. The summed E-state index contributed by atoms with van der Waals surface area (Å²) < 4.78 is 11.2. The number of aryl methyl sites for hydroxylation is 2. The second kappa shape index (κ2) is 9.71. The second-order valence-corrected chi connectivity index (χ2v) is 7.51. The zero-order chi connectivity index (χ0) is 19.9. The van der Waals surface area contributed by atoms with Gasteiger partial charge in [0, 0.05) is 26.2 Å². The first-order chi connectivity index (χ1) is 13.5. The van der Waals surface area contributed by atoms with E-state index in [-0.39, 0.29) is 5.91 Å². The summed E-state index contributed by atoms with van der Waals surface area (Å²) in [7, 11) is 0. The van der Waals surface area contributed by atoms with Crippen molar-refractivity contribution in [3.63, 3.8) is 0 Å². The zero-order valence-corrected chi connectivity index (χ0v) is 17.0. The third kappa shape index (κ3) is 6.08. The number of ether oxygens (including phenoxy) is 2. The molecule has 1 heterocycles. The standard InChI is InChI=1S/C23H30N2O3/c1-17-12-18(2)14-22(13-17)28-19(3)23(26)24-15-20-4-6-21(7-5-20)16-25-8-10-27-11-9-25/h4-7,12-14,19H,8-11,15-16H2,1-3H3,(H,24,26)/t19-/m1/s1. The van der Waals surface area contributed by atoms with Crippen molar-refractivity contribution in [3.8, 4) is 5.75 Å². The third-order valence-electron chi connectivity index (χ3n) is 4.88. The fourth-order valence-corrected chi connectivity index (χ4v) is 3.37. The molecule has 2 aromatic carbocycles. The van der Waals surface area contributed by atoms with Crippen LogP contribution in [0.3, 0.4) is 0 Å². The van der Waals surface area contributed by atoms with Crippen LogP contribution in [0.15, 0.2) is 42.5 Å². The lowest BCUT2D eigenvalue weighted by atomic mass is 10.1. The van der Waals surface area contributed by atoms with Crippen LogP contribution in [0, 0.1) is 13.8 Å². The summed E-state index contributed by atoms with van der Waals surface area (Å²) in [5, 5.41) is 2.96. The van der Waals surface area contributed by atoms with E-state index >= 15 is 0 Å². The average molecular weight is 383 g/mol. The summed E-state index contributed by atoms with van der Waals surface area (Å²) >= 11 is 0. The van der Waals surface area contributed by atoms with Crippen LogP contribution >= 0.6 is 0 Å². The summed E-state index contributed by atoms with van der Waals surface area (Å²) in [6.07, 6.45) is -0.540. The quantitative estimate of drug-likeness (QED) is 0.799. The number of carbonyl (C=O) groups is 1. The second-order valence-electron chi connectivity index (χ2n) is 7.51. The Balaban J connectivity index is 1.46. The molecule has 0 aromatic heterocycles. The molecule has 28 heavy (non-hydrogen) atoms. The molecule has 1 aliphatic rings. The fourth-order valence-electron chi connectivity index (χ4n) is 3.37. The third-order valence-corrected chi connectivity index (χ3v) is 4.88. The molecular formula is C23H30N2O3. The fraction of sp³-hybridized carbons (Fsp3) is 0.435. The lowest BCUT2D eigenvalue weighted by Crippen LogP contribution is -2.36. The van der Waals surface area contributed by atoms with E-state index < -0.39 is 6.10 Å². The molecule has 2 aromatic rings. The van der Waals surface area contributed by atoms with E-state index in [4.69, 9.17) is 9.47 Å². The lowest BCUT2D eigenvalue weighted by Gasteiger charge is -2.26. The Morgan fingerprint density at radius 2 is 1.68 bits per heavy atom. The first-order valence-electron chi connectivity index (χ1n) is 9.90. The SMILES string of the molecule is Cc1cc(C)cc(O[C@H](C)C(=O)NCc2ccc(CN3CCOCC3)cc2)c1. The number of hydrogen-bond donors (Lipinski definition) is 1. The molecule has 1 atom stereocenters. The lowest BCUT2D eigenvalue weighted by molar-refractivity contribution is -0.127. The Kier molecular flexibility index (Phi) is 7.06. The predicted octanol–water partition coefficient (Wildman–Crippen LogP) is 3.22. The van der Waals surface area contributed by atoms with Crippen LogP contribution in [-0.4, -0.2) is 43.2 Å². The Morgan fingerprint density at radius 1 is 1.07 bits per heavy atom. The minimum atomic E-state index is -0.540. The van der Waals surface area contributed by atoms with Crippen molar-refractivity contribution < 1.29 is 14.3 Å². The van der Waals surface area contributed by atoms with Gasteiger partial charge in [-0.3, -0.25) is 9.69 Å². The van der Waals surface area contributed by atoms with Crippen LogP contribution in [0.1, 0.15) is 29.2 Å². The van der Waals surface area contributed by atoms with Crippen LogP contribution in [0.4, 0.5) is 0 Å². The maximum Gasteiger partial charge on any atom is 0.261 e. The number of hydrogen-bond acceptors (Lipinski definition) is 4. The molecule has 0 bridgehead atoms. The van der Waals surface area contributed by atoms with Crippen LogP contribution in [0.25, 0.3) is 0 Å². The monoisotopic (exact) mass is 382 g/mol. The van der Waals surface area contributed by atoms with Gasteiger partial charge >= 0.3 is 0 Å².